The molecule has 2 saturated heterocycles. The summed E-state index contributed by atoms with van der Waals surface area (Å²) in [5, 5.41) is 14.2. The normalized spacial score (nSPS) is 18.7. The number of benzene rings is 1. The van der Waals surface area contributed by atoms with Crippen LogP contribution in [0.15, 0.2) is 71.8 Å². The summed E-state index contributed by atoms with van der Waals surface area (Å²) in [6, 6.07) is 11.8. The Hall–Kier alpha value is -3.49. The first-order chi connectivity index (χ1) is 21.1. The fourth-order valence-electron chi connectivity index (χ4n) is 6.39. The number of anilines is 3. The molecule has 0 radical (unpaired) electrons. The highest BCUT2D eigenvalue weighted by Gasteiger charge is 2.28. The Labute approximate surface area is 265 Å². The molecule has 0 saturated carbocycles. The predicted octanol–water partition coefficient (Wildman–Crippen LogP) is 5.36. The summed E-state index contributed by atoms with van der Waals surface area (Å²) in [6.07, 6.45) is 6.33. The Bertz CT molecular complexity index is 1340. The van der Waals surface area contributed by atoms with E-state index >= 15 is 0 Å². The maximum Gasteiger partial charge on any atom is 0.130 e. The molecule has 44 heavy (non-hydrogen) atoms. The lowest BCUT2D eigenvalue weighted by Gasteiger charge is -2.43. The molecule has 238 valence electrons. The van der Waals surface area contributed by atoms with Gasteiger partial charge in [-0.05, 0) is 94.5 Å². The van der Waals surface area contributed by atoms with Crippen LogP contribution in [0.4, 0.5) is 17.2 Å². The zero-order chi connectivity index (χ0) is 31.3. The highest BCUT2D eigenvalue weighted by molar-refractivity contribution is 5.61. The highest BCUT2D eigenvalue weighted by atomic mass is 15.3. The first-order valence-corrected chi connectivity index (χ1v) is 16.5. The first-order valence-electron chi connectivity index (χ1n) is 16.5. The fraction of sp³-hybridized carbons (Fsp3) is 0.528. The van der Waals surface area contributed by atoms with Crippen LogP contribution >= 0.6 is 0 Å². The van der Waals surface area contributed by atoms with Gasteiger partial charge in [-0.1, -0.05) is 19.6 Å². The summed E-state index contributed by atoms with van der Waals surface area (Å²) in [5.74, 6) is 0.891. The number of hydrogen-bond acceptors (Lipinski definition) is 8. The molecule has 0 bridgehead atoms. The van der Waals surface area contributed by atoms with Crippen molar-refractivity contribution in [3.8, 4) is 0 Å². The van der Waals surface area contributed by atoms with E-state index in [0.717, 1.165) is 101 Å². The zero-order valence-electron chi connectivity index (χ0n) is 27.9. The topological polar surface area (TPSA) is 70.7 Å². The van der Waals surface area contributed by atoms with E-state index in [0.29, 0.717) is 0 Å². The zero-order valence-corrected chi connectivity index (χ0v) is 27.9. The van der Waals surface area contributed by atoms with Gasteiger partial charge in [0.25, 0.3) is 0 Å². The van der Waals surface area contributed by atoms with Gasteiger partial charge in [-0.2, -0.15) is 0 Å². The number of nitrogens with zero attached hydrogens (tertiary/aromatic N) is 4. The van der Waals surface area contributed by atoms with Gasteiger partial charge in [0.1, 0.15) is 5.82 Å². The van der Waals surface area contributed by atoms with Gasteiger partial charge in [-0.3, -0.25) is 4.90 Å². The van der Waals surface area contributed by atoms with E-state index in [-0.39, 0.29) is 5.54 Å². The Morgan fingerprint density at radius 3 is 2.41 bits per heavy atom. The molecule has 5 rings (SSSR count). The minimum atomic E-state index is -0.0757. The van der Waals surface area contributed by atoms with Crippen molar-refractivity contribution in [3.63, 3.8) is 0 Å². The van der Waals surface area contributed by atoms with E-state index in [1.165, 1.54) is 28.1 Å². The minimum absolute atomic E-state index is 0.0757. The fourth-order valence-corrected chi connectivity index (χ4v) is 6.39. The van der Waals surface area contributed by atoms with Crippen LogP contribution in [0.25, 0.3) is 0 Å². The van der Waals surface area contributed by atoms with Crippen LogP contribution in [0, 0.1) is 0 Å². The summed E-state index contributed by atoms with van der Waals surface area (Å²) >= 11 is 0. The molecule has 4 N–H and O–H groups in total. The summed E-state index contributed by atoms with van der Waals surface area (Å²) in [4.78, 5) is 12.4. The molecule has 3 aliphatic rings. The van der Waals surface area contributed by atoms with Crippen LogP contribution in [0.5, 0.6) is 0 Å². The van der Waals surface area contributed by atoms with Crippen molar-refractivity contribution in [2.45, 2.75) is 72.5 Å². The van der Waals surface area contributed by atoms with Crippen molar-refractivity contribution in [2.75, 3.05) is 62.6 Å². The largest absolute Gasteiger partial charge is 0.384 e. The number of rotatable bonds is 11. The Morgan fingerprint density at radius 2 is 1.80 bits per heavy atom. The molecular weight excluding hydrogens is 544 g/mol. The Kier molecular flexibility index (Phi) is 10.2. The number of piperazine rings is 1. The van der Waals surface area contributed by atoms with Crippen LogP contribution < -0.4 is 26.2 Å². The van der Waals surface area contributed by atoms with E-state index in [2.05, 4.69) is 127 Å². The van der Waals surface area contributed by atoms with E-state index < -0.39 is 0 Å². The lowest BCUT2D eigenvalue weighted by molar-refractivity contribution is 0.138. The van der Waals surface area contributed by atoms with Gasteiger partial charge in [-0.15, -0.1) is 0 Å². The van der Waals surface area contributed by atoms with E-state index in [4.69, 9.17) is 4.98 Å². The minimum Gasteiger partial charge on any atom is -0.384 e. The smallest absolute Gasteiger partial charge is 0.130 e. The molecule has 8 nitrogen and oxygen atoms in total. The average Bonchev–Trinajstić information content (AvgIpc) is 2.98. The van der Waals surface area contributed by atoms with E-state index in [9.17, 15) is 0 Å². The lowest BCUT2D eigenvalue weighted by Crippen LogP contribution is -2.61. The maximum atomic E-state index is 4.78. The summed E-state index contributed by atoms with van der Waals surface area (Å²) in [5.41, 5.74) is 9.44. The number of allylic oxidation sites excluding steroid dienone is 2. The van der Waals surface area contributed by atoms with Gasteiger partial charge in [-0.25, -0.2) is 4.98 Å². The monoisotopic (exact) mass is 598 g/mol. The summed E-state index contributed by atoms with van der Waals surface area (Å²) < 4.78 is 0. The van der Waals surface area contributed by atoms with E-state index in [1.54, 1.807) is 0 Å². The van der Waals surface area contributed by atoms with Crippen LogP contribution in [-0.4, -0.2) is 78.7 Å². The van der Waals surface area contributed by atoms with Crippen molar-refractivity contribution in [2.24, 2.45) is 0 Å². The van der Waals surface area contributed by atoms with Crippen LogP contribution in [0.3, 0.4) is 0 Å². The van der Waals surface area contributed by atoms with Gasteiger partial charge in [0.05, 0.1) is 11.4 Å². The lowest BCUT2D eigenvalue weighted by atomic mass is 9.98. The highest BCUT2D eigenvalue weighted by Crippen LogP contribution is 2.30. The Morgan fingerprint density at radius 1 is 1.07 bits per heavy atom. The first kappa shape index (κ1) is 31.9. The second-order valence-corrected chi connectivity index (χ2v) is 13.5. The van der Waals surface area contributed by atoms with Gasteiger partial charge in [0.2, 0.25) is 0 Å². The predicted molar refractivity (Wildman–Crippen MR) is 185 cm³/mol. The number of hydrogen-bond donors (Lipinski definition) is 4. The van der Waals surface area contributed by atoms with Crippen LogP contribution in [0.1, 0.15) is 59.1 Å². The molecule has 2 fully saturated rings. The quantitative estimate of drug-likeness (QED) is 0.258. The molecule has 1 aromatic carbocycles. The van der Waals surface area contributed by atoms with Crippen LogP contribution in [0.2, 0.25) is 0 Å². The SMILES string of the molecule is C=C(NCCC)/C(NC(C)(C)C)=C(C)\C(=C/C)N1CCc2cnc(Nc3ccc(N4CCN(C5CNC5)CC4)cc3)cc2C1. The Balaban J connectivity index is 1.25. The summed E-state index contributed by atoms with van der Waals surface area (Å²) in [7, 11) is 0. The second kappa shape index (κ2) is 14.1. The van der Waals surface area contributed by atoms with Crippen molar-refractivity contribution in [1.29, 1.82) is 0 Å². The third-order valence-corrected chi connectivity index (χ3v) is 8.95. The molecule has 3 aliphatic heterocycles. The third kappa shape index (κ3) is 7.77. The molecular formula is C36H54N8. The number of pyridine rings is 1. The molecule has 0 aliphatic carbocycles. The third-order valence-electron chi connectivity index (χ3n) is 8.95. The van der Waals surface area contributed by atoms with Crippen molar-refractivity contribution < 1.29 is 0 Å². The molecule has 0 spiro atoms. The van der Waals surface area contributed by atoms with Gasteiger partial charge in [0, 0.05) is 93.8 Å². The second-order valence-electron chi connectivity index (χ2n) is 13.5. The summed E-state index contributed by atoms with van der Waals surface area (Å²) in [6.45, 7) is 27.0. The van der Waals surface area contributed by atoms with Gasteiger partial charge >= 0.3 is 0 Å². The number of nitrogens with one attached hydrogen (secondary N) is 4. The number of fused-ring (bicyclic) bond motifs is 1. The molecule has 2 aromatic rings. The number of aromatic nitrogens is 1. The maximum absolute atomic E-state index is 4.78. The molecule has 8 heteroatoms. The van der Waals surface area contributed by atoms with Crippen LogP contribution in [-0.2, 0) is 13.0 Å². The molecule has 0 unspecified atom stereocenters. The standard InChI is InChI=1S/C36H54N8/c1-8-15-38-27(4)35(41-36(5,6)7)26(3)33(9-2)44-16-14-28-22-39-34(21-29(28)25-44)40-30-10-12-31(13-11-30)42-17-19-43(20-18-42)32-23-37-24-32/h9-13,21-22,32,37-38,41H,4,8,14-20,23-25H2,1-3,5-7H3,(H,39,40)/b33-9+,35-26+. The van der Waals surface area contributed by atoms with Crippen molar-refractivity contribution >= 4 is 17.2 Å². The molecule has 4 heterocycles. The molecule has 0 atom stereocenters. The molecule has 1 aromatic heterocycles. The van der Waals surface area contributed by atoms with Gasteiger partial charge in [0.15, 0.2) is 0 Å². The molecule has 0 amide bonds. The van der Waals surface area contributed by atoms with Gasteiger partial charge < -0.3 is 31.1 Å². The van der Waals surface area contributed by atoms with Crippen molar-refractivity contribution in [3.05, 3.63) is 83.0 Å². The van der Waals surface area contributed by atoms with E-state index in [1.807, 2.05) is 0 Å². The van der Waals surface area contributed by atoms with Crippen molar-refractivity contribution in [1.82, 2.24) is 30.7 Å². The average molecular weight is 599 g/mol.